The van der Waals surface area contributed by atoms with Crippen LogP contribution in [0.15, 0.2) is 41.1 Å². The highest BCUT2D eigenvalue weighted by Gasteiger charge is 2.45. The van der Waals surface area contributed by atoms with Crippen molar-refractivity contribution in [1.29, 1.82) is 0 Å². The Hall–Kier alpha value is -4.86. The third-order valence-electron chi connectivity index (χ3n) is 7.09. The first-order chi connectivity index (χ1) is 20.9. The van der Waals surface area contributed by atoms with Gasteiger partial charge in [-0.15, -0.1) is 0 Å². The Bertz CT molecular complexity index is 1520. The Labute approximate surface area is 248 Å². The van der Waals surface area contributed by atoms with E-state index in [2.05, 4.69) is 20.3 Å². The Morgan fingerprint density at radius 2 is 1.95 bits per heavy atom. The van der Waals surface area contributed by atoms with Crippen molar-refractivity contribution < 1.29 is 51.6 Å². The van der Waals surface area contributed by atoms with Crippen LogP contribution in [0, 0.1) is 0 Å². The van der Waals surface area contributed by atoms with Crippen LogP contribution in [-0.4, -0.2) is 81.2 Å². The maximum absolute atomic E-state index is 13.7. The molecule has 0 aliphatic carbocycles. The number of amides is 6. The standard InChI is InChI=1S/C28H28F3N5O8/c1-2-32-25(41)22(18-14-44-34-23(18)28(29,30)31)35(21(39)6-4-12-37)11-3-5-15-7-8-16-17(13-15)27(43)36(26(16)42)19-9-10-20(38)33-24(19)40/h4,6-8,13-14,19,22,37H,2-3,5,9-12H2,1H3,(H,32,41)(H,33,38,40)/b6-4+. The van der Waals surface area contributed by atoms with Gasteiger partial charge in [0.2, 0.25) is 23.6 Å². The molecular formula is C28H28F3N5O8. The van der Waals surface area contributed by atoms with Crippen molar-refractivity contribution in [1.82, 2.24) is 25.6 Å². The summed E-state index contributed by atoms with van der Waals surface area (Å²) in [5.41, 5.74) is -1.51. The van der Waals surface area contributed by atoms with Crippen molar-refractivity contribution in [2.45, 2.75) is 50.9 Å². The summed E-state index contributed by atoms with van der Waals surface area (Å²) in [4.78, 5) is 77.7. The fraction of sp³-hybridized carbons (Fsp3) is 0.393. The van der Waals surface area contributed by atoms with E-state index in [0.717, 1.165) is 22.0 Å². The minimum atomic E-state index is -4.99. The second-order valence-electron chi connectivity index (χ2n) is 9.96. The molecule has 44 heavy (non-hydrogen) atoms. The summed E-state index contributed by atoms with van der Waals surface area (Å²) >= 11 is 0. The van der Waals surface area contributed by atoms with E-state index in [1.54, 1.807) is 13.0 Å². The fourth-order valence-electron chi connectivity index (χ4n) is 5.12. The highest BCUT2D eigenvalue weighted by molar-refractivity contribution is 6.23. The van der Waals surface area contributed by atoms with E-state index in [0.29, 0.717) is 11.8 Å². The summed E-state index contributed by atoms with van der Waals surface area (Å²) in [6, 6.07) is 1.49. The summed E-state index contributed by atoms with van der Waals surface area (Å²) < 4.78 is 45.6. The van der Waals surface area contributed by atoms with E-state index in [9.17, 15) is 41.9 Å². The molecule has 1 aromatic heterocycles. The van der Waals surface area contributed by atoms with Gasteiger partial charge in [0, 0.05) is 25.6 Å². The number of aryl methyl sites for hydroxylation is 1. The Balaban J connectivity index is 1.57. The normalized spacial score (nSPS) is 17.6. The van der Waals surface area contributed by atoms with Gasteiger partial charge in [-0.2, -0.15) is 13.2 Å². The molecule has 0 saturated carbocycles. The molecule has 16 heteroatoms. The Morgan fingerprint density at radius 1 is 1.23 bits per heavy atom. The summed E-state index contributed by atoms with van der Waals surface area (Å²) in [6.07, 6.45) is -2.12. The van der Waals surface area contributed by atoms with Gasteiger partial charge in [0.1, 0.15) is 18.3 Å². The molecule has 4 rings (SSSR count). The first-order valence-electron chi connectivity index (χ1n) is 13.6. The number of piperidine rings is 1. The number of carbonyl (C=O) groups is 6. The van der Waals surface area contributed by atoms with Crippen LogP contribution in [0.4, 0.5) is 13.2 Å². The molecule has 0 spiro atoms. The average Bonchev–Trinajstić information content (AvgIpc) is 3.55. The smallest absolute Gasteiger partial charge is 0.392 e. The number of aromatic nitrogens is 1. The molecule has 2 aliphatic heterocycles. The number of aliphatic hydroxyl groups is 1. The molecule has 13 nitrogen and oxygen atoms in total. The summed E-state index contributed by atoms with van der Waals surface area (Å²) in [5, 5.41) is 16.7. The molecule has 1 fully saturated rings. The topological polar surface area (TPSA) is 179 Å². The van der Waals surface area contributed by atoms with Crippen molar-refractivity contribution in [3.8, 4) is 0 Å². The van der Waals surface area contributed by atoms with Crippen molar-refractivity contribution in [2.24, 2.45) is 0 Å². The zero-order chi connectivity index (χ0) is 32.2. The van der Waals surface area contributed by atoms with Crippen molar-refractivity contribution in [3.63, 3.8) is 0 Å². The SMILES string of the molecule is CCNC(=O)C(c1conc1C(F)(F)F)N(CCCc1ccc2c(c1)C(=O)N(C1CCC(=O)NC1=O)C2=O)C(=O)/C=C/CO. The van der Waals surface area contributed by atoms with E-state index >= 15 is 0 Å². The zero-order valence-electron chi connectivity index (χ0n) is 23.3. The molecule has 2 unspecified atom stereocenters. The van der Waals surface area contributed by atoms with Crippen LogP contribution < -0.4 is 10.6 Å². The van der Waals surface area contributed by atoms with Crippen LogP contribution in [0.3, 0.4) is 0 Å². The number of alkyl halides is 3. The molecule has 234 valence electrons. The van der Waals surface area contributed by atoms with Gasteiger partial charge in [0.05, 0.1) is 23.3 Å². The summed E-state index contributed by atoms with van der Waals surface area (Å²) in [5.74, 6) is -4.42. The molecule has 0 bridgehead atoms. The quantitative estimate of drug-likeness (QED) is 0.247. The predicted octanol–water partition coefficient (Wildman–Crippen LogP) is 1.28. The number of nitrogens with one attached hydrogen (secondary N) is 2. The first-order valence-corrected chi connectivity index (χ1v) is 13.6. The predicted molar refractivity (Wildman–Crippen MR) is 142 cm³/mol. The molecule has 1 aromatic carbocycles. The molecule has 0 radical (unpaired) electrons. The van der Waals surface area contributed by atoms with Crippen molar-refractivity contribution in [3.05, 3.63) is 64.6 Å². The third kappa shape index (κ3) is 6.54. The highest BCUT2D eigenvalue weighted by atomic mass is 19.4. The van der Waals surface area contributed by atoms with Gasteiger partial charge in [0.25, 0.3) is 11.8 Å². The number of likely N-dealkylation sites (N-methyl/N-ethyl adjacent to an activating group) is 1. The maximum Gasteiger partial charge on any atom is 0.437 e. The lowest BCUT2D eigenvalue weighted by molar-refractivity contribution is -0.146. The number of hydrogen-bond acceptors (Lipinski definition) is 9. The van der Waals surface area contributed by atoms with Crippen LogP contribution in [0.5, 0.6) is 0 Å². The van der Waals surface area contributed by atoms with Gasteiger partial charge >= 0.3 is 6.18 Å². The Kier molecular flexibility index (Phi) is 9.62. The van der Waals surface area contributed by atoms with Crippen LogP contribution in [-0.2, 0) is 31.8 Å². The second kappa shape index (κ2) is 13.2. The fourth-order valence-corrected chi connectivity index (χ4v) is 5.12. The highest BCUT2D eigenvalue weighted by Crippen LogP contribution is 2.36. The lowest BCUT2D eigenvalue weighted by Crippen LogP contribution is -2.54. The summed E-state index contributed by atoms with van der Waals surface area (Å²) in [7, 11) is 0. The van der Waals surface area contributed by atoms with E-state index < -0.39 is 71.6 Å². The third-order valence-corrected chi connectivity index (χ3v) is 7.09. The first kappa shape index (κ1) is 32.1. The summed E-state index contributed by atoms with van der Waals surface area (Å²) in [6.45, 7) is 0.815. The molecule has 2 aliphatic rings. The van der Waals surface area contributed by atoms with Gasteiger partial charge < -0.3 is 19.8 Å². The van der Waals surface area contributed by atoms with E-state index in [4.69, 9.17) is 5.11 Å². The minimum absolute atomic E-state index is 0.00735. The van der Waals surface area contributed by atoms with Crippen molar-refractivity contribution >= 4 is 35.4 Å². The van der Waals surface area contributed by atoms with Gasteiger partial charge in [-0.05, 0) is 43.9 Å². The largest absolute Gasteiger partial charge is 0.437 e. The van der Waals surface area contributed by atoms with E-state index in [-0.39, 0.29) is 49.9 Å². The van der Waals surface area contributed by atoms with Crippen LogP contribution in [0.2, 0.25) is 0 Å². The maximum atomic E-state index is 13.7. The number of halogens is 3. The van der Waals surface area contributed by atoms with Crippen LogP contribution in [0.1, 0.15) is 69.8 Å². The van der Waals surface area contributed by atoms with Gasteiger partial charge in [-0.1, -0.05) is 17.3 Å². The molecule has 3 N–H and O–H groups in total. The lowest BCUT2D eigenvalue weighted by atomic mass is 10.0. The zero-order valence-corrected chi connectivity index (χ0v) is 23.3. The second-order valence-corrected chi connectivity index (χ2v) is 9.96. The number of rotatable bonds is 11. The van der Waals surface area contributed by atoms with E-state index in [1.807, 2.05) is 0 Å². The van der Waals surface area contributed by atoms with Crippen molar-refractivity contribution in [2.75, 3.05) is 19.7 Å². The average molecular weight is 620 g/mol. The number of nitrogens with zero attached hydrogens (tertiary/aromatic N) is 3. The molecular weight excluding hydrogens is 591 g/mol. The number of fused-ring (bicyclic) bond motifs is 1. The van der Waals surface area contributed by atoms with E-state index in [1.165, 1.54) is 12.1 Å². The molecule has 2 atom stereocenters. The lowest BCUT2D eigenvalue weighted by Gasteiger charge is -2.30. The monoisotopic (exact) mass is 619 g/mol. The van der Waals surface area contributed by atoms with Gasteiger partial charge in [-0.25, -0.2) is 0 Å². The van der Waals surface area contributed by atoms with Crippen LogP contribution >= 0.6 is 0 Å². The molecule has 1 saturated heterocycles. The van der Waals surface area contributed by atoms with Gasteiger partial charge in [0.15, 0.2) is 5.69 Å². The Morgan fingerprint density at radius 3 is 2.61 bits per heavy atom. The van der Waals surface area contributed by atoms with Crippen LogP contribution in [0.25, 0.3) is 0 Å². The van der Waals surface area contributed by atoms with Gasteiger partial charge in [-0.3, -0.25) is 39.0 Å². The number of benzene rings is 1. The molecule has 2 aromatic rings. The number of carbonyl (C=O) groups excluding carboxylic acids is 6. The minimum Gasteiger partial charge on any atom is -0.392 e. The number of aliphatic hydroxyl groups excluding tert-OH is 1. The molecule has 3 heterocycles. The molecule has 6 amide bonds. The number of hydrogen-bond donors (Lipinski definition) is 3. The number of imide groups is 2.